The molecule has 1 heterocycles. The predicted octanol–water partition coefficient (Wildman–Crippen LogP) is 9.08. The third kappa shape index (κ3) is 12.2. The number of Topliss-reactive ketones (excluding diaryl/α,β-unsaturated/α-hetero) is 1. The Hall–Kier alpha value is -3.51. The van der Waals surface area contributed by atoms with Crippen molar-refractivity contribution in [2.24, 2.45) is 11.3 Å². The largest absolute Gasteiger partial charge is 0.495 e. The van der Waals surface area contributed by atoms with E-state index in [2.05, 4.69) is 37.5 Å². The topological polar surface area (TPSA) is 91.2 Å². The normalized spacial score (nSPS) is 16.8. The number of carbonyl (C=O) groups is 2. The average molecular weight is 649 g/mol. The van der Waals surface area contributed by atoms with Gasteiger partial charge < -0.3 is 15.4 Å². The smallest absolute Gasteiger partial charge is 0.211 e. The molecule has 3 aromatic rings. The number of ether oxygens (including phenoxy) is 1. The van der Waals surface area contributed by atoms with Crippen molar-refractivity contribution in [2.45, 2.75) is 59.9 Å². The summed E-state index contributed by atoms with van der Waals surface area (Å²) in [5.74, 6) is -0.603. The van der Waals surface area contributed by atoms with Gasteiger partial charge in [-0.25, -0.2) is 8.78 Å². The molecule has 0 saturated carbocycles. The van der Waals surface area contributed by atoms with Crippen LogP contribution in [-0.2, 0) is 4.79 Å². The van der Waals surface area contributed by atoms with Gasteiger partial charge in [-0.15, -0.1) is 0 Å². The second kappa shape index (κ2) is 19.0. The standard InChI is InChI=1S/C16H20ClFN2.C10H11NO3.C6H4ClF.C2H6/c1-16(2,3)7-14-11(8-19)12(9-20-14)10-5-4-6-13(17)15(10)18;1-7(13)8-3-4-9(11-6-12)10(5-8)14-2;7-5-2-1-3-6(8)4-5;1-2/h4-6,11-12,14,20H,7,9H2,1-3H3;3-6H,1-2H3,(H,11,12);1-4H;1-2H3. The summed E-state index contributed by atoms with van der Waals surface area (Å²) in [5.41, 5.74) is 1.79. The Bertz CT molecular complexity index is 1390. The fraction of sp³-hybridized carbons (Fsp3) is 0.382. The Balaban J connectivity index is 0.000000349. The van der Waals surface area contributed by atoms with E-state index in [1.165, 1.54) is 32.2 Å². The van der Waals surface area contributed by atoms with Crippen LogP contribution in [0.2, 0.25) is 10.0 Å². The number of amides is 1. The number of halogens is 4. The second-order valence-electron chi connectivity index (χ2n) is 10.9. The van der Waals surface area contributed by atoms with Crippen LogP contribution in [0.4, 0.5) is 14.5 Å². The Morgan fingerprint density at radius 3 is 2.27 bits per heavy atom. The van der Waals surface area contributed by atoms with E-state index in [0.29, 0.717) is 40.5 Å². The van der Waals surface area contributed by atoms with Crippen molar-refractivity contribution in [2.75, 3.05) is 19.0 Å². The molecule has 10 heteroatoms. The summed E-state index contributed by atoms with van der Waals surface area (Å²) in [6, 6.07) is 18.1. The highest BCUT2D eigenvalue weighted by Crippen LogP contribution is 2.38. The molecule has 1 amide bonds. The molecule has 3 atom stereocenters. The summed E-state index contributed by atoms with van der Waals surface area (Å²) in [4.78, 5) is 21.3. The third-order valence-corrected chi connectivity index (χ3v) is 6.97. The molecule has 1 aliphatic heterocycles. The van der Waals surface area contributed by atoms with Crippen molar-refractivity contribution in [1.82, 2.24) is 5.32 Å². The van der Waals surface area contributed by atoms with E-state index in [0.717, 1.165) is 6.42 Å². The highest BCUT2D eigenvalue weighted by molar-refractivity contribution is 6.31. The summed E-state index contributed by atoms with van der Waals surface area (Å²) >= 11 is 11.3. The second-order valence-corrected chi connectivity index (χ2v) is 11.7. The number of hydrogen-bond donors (Lipinski definition) is 2. The molecule has 238 valence electrons. The fourth-order valence-corrected chi connectivity index (χ4v) is 4.87. The quantitative estimate of drug-likeness (QED) is 0.206. The van der Waals surface area contributed by atoms with Gasteiger partial charge in [0, 0.05) is 29.1 Å². The molecule has 0 aliphatic carbocycles. The van der Waals surface area contributed by atoms with E-state index in [1.807, 2.05) is 13.8 Å². The number of nitrogens with one attached hydrogen (secondary N) is 2. The first-order chi connectivity index (χ1) is 20.8. The van der Waals surface area contributed by atoms with Gasteiger partial charge in [-0.1, -0.05) is 76.0 Å². The van der Waals surface area contributed by atoms with Crippen LogP contribution in [-0.4, -0.2) is 31.9 Å². The number of anilines is 1. The first-order valence-corrected chi connectivity index (χ1v) is 14.9. The van der Waals surface area contributed by atoms with Crippen LogP contribution in [0.15, 0.2) is 60.7 Å². The van der Waals surface area contributed by atoms with Gasteiger partial charge in [-0.05, 0) is 66.8 Å². The molecular formula is C34H41Cl2F2N3O3. The van der Waals surface area contributed by atoms with Crippen molar-refractivity contribution >= 4 is 41.1 Å². The minimum atomic E-state index is -0.391. The highest BCUT2D eigenvalue weighted by Gasteiger charge is 2.39. The van der Waals surface area contributed by atoms with E-state index in [4.69, 9.17) is 27.9 Å². The molecular weight excluding hydrogens is 607 g/mol. The summed E-state index contributed by atoms with van der Waals surface area (Å²) in [5, 5.41) is 15.9. The zero-order chi connectivity index (χ0) is 33.4. The van der Waals surface area contributed by atoms with Crippen LogP contribution in [0.3, 0.4) is 0 Å². The van der Waals surface area contributed by atoms with Gasteiger partial charge in [0.2, 0.25) is 6.41 Å². The predicted molar refractivity (Wildman–Crippen MR) is 175 cm³/mol. The van der Waals surface area contributed by atoms with Crippen LogP contribution < -0.4 is 15.4 Å². The first-order valence-electron chi connectivity index (χ1n) is 14.2. The summed E-state index contributed by atoms with van der Waals surface area (Å²) in [6.07, 6.45) is 1.45. The summed E-state index contributed by atoms with van der Waals surface area (Å²) in [7, 11) is 1.48. The molecule has 6 nitrogen and oxygen atoms in total. The van der Waals surface area contributed by atoms with Gasteiger partial charge in [0.15, 0.2) is 5.78 Å². The Morgan fingerprint density at radius 1 is 1.11 bits per heavy atom. The minimum absolute atomic E-state index is 0.0408. The van der Waals surface area contributed by atoms with Crippen LogP contribution in [0.5, 0.6) is 5.75 Å². The van der Waals surface area contributed by atoms with Gasteiger partial charge in [0.1, 0.15) is 17.4 Å². The lowest BCUT2D eigenvalue weighted by molar-refractivity contribution is -0.105. The first kappa shape index (κ1) is 38.5. The molecule has 1 fully saturated rings. The number of nitrogens with zero attached hydrogens (tertiary/aromatic N) is 1. The van der Waals surface area contributed by atoms with E-state index in [1.54, 1.807) is 42.5 Å². The molecule has 2 N–H and O–H groups in total. The Labute approximate surface area is 269 Å². The maximum absolute atomic E-state index is 14.2. The molecule has 0 spiro atoms. The number of hydrogen-bond acceptors (Lipinski definition) is 5. The maximum Gasteiger partial charge on any atom is 0.211 e. The number of methoxy groups -OCH3 is 1. The van der Waals surface area contributed by atoms with Crippen molar-refractivity contribution in [3.05, 3.63) is 93.5 Å². The van der Waals surface area contributed by atoms with Gasteiger partial charge in [-0.3, -0.25) is 9.59 Å². The number of ketones is 1. The fourth-order valence-electron chi connectivity index (χ4n) is 4.51. The van der Waals surface area contributed by atoms with Gasteiger partial charge in [0.25, 0.3) is 0 Å². The Morgan fingerprint density at radius 2 is 1.77 bits per heavy atom. The number of nitriles is 1. The number of benzene rings is 3. The van der Waals surface area contributed by atoms with Gasteiger partial charge >= 0.3 is 0 Å². The van der Waals surface area contributed by atoms with E-state index in [9.17, 15) is 23.6 Å². The van der Waals surface area contributed by atoms with Crippen molar-refractivity contribution in [1.29, 1.82) is 5.26 Å². The molecule has 1 saturated heterocycles. The molecule has 1 aliphatic rings. The zero-order valence-corrected chi connectivity index (χ0v) is 27.7. The summed E-state index contributed by atoms with van der Waals surface area (Å²) < 4.78 is 31.3. The van der Waals surface area contributed by atoms with Gasteiger partial charge in [0.05, 0.1) is 29.8 Å². The summed E-state index contributed by atoms with van der Waals surface area (Å²) in [6.45, 7) is 12.5. The molecule has 4 rings (SSSR count). The van der Waals surface area contributed by atoms with Crippen LogP contribution in [0, 0.1) is 34.3 Å². The van der Waals surface area contributed by atoms with Gasteiger partial charge in [-0.2, -0.15) is 5.26 Å². The Kier molecular flexibility index (Phi) is 16.6. The molecule has 3 aromatic carbocycles. The van der Waals surface area contributed by atoms with Crippen LogP contribution in [0.25, 0.3) is 0 Å². The van der Waals surface area contributed by atoms with Crippen LogP contribution >= 0.6 is 23.2 Å². The monoisotopic (exact) mass is 647 g/mol. The maximum atomic E-state index is 14.2. The van der Waals surface area contributed by atoms with Crippen molar-refractivity contribution in [3.8, 4) is 11.8 Å². The number of carbonyl (C=O) groups excluding carboxylic acids is 2. The molecule has 3 unspecified atom stereocenters. The minimum Gasteiger partial charge on any atom is -0.495 e. The lowest BCUT2D eigenvalue weighted by atomic mass is 9.79. The molecule has 0 radical (unpaired) electrons. The van der Waals surface area contributed by atoms with Crippen molar-refractivity contribution < 1.29 is 23.1 Å². The highest BCUT2D eigenvalue weighted by atomic mass is 35.5. The zero-order valence-electron chi connectivity index (χ0n) is 26.2. The number of rotatable bonds is 6. The lowest BCUT2D eigenvalue weighted by Gasteiger charge is -2.26. The third-order valence-electron chi connectivity index (χ3n) is 6.44. The van der Waals surface area contributed by atoms with E-state index < -0.39 is 5.82 Å². The average Bonchev–Trinajstić information content (AvgIpc) is 3.37. The van der Waals surface area contributed by atoms with Crippen LogP contribution in [0.1, 0.15) is 69.8 Å². The molecule has 44 heavy (non-hydrogen) atoms. The lowest BCUT2D eigenvalue weighted by Crippen LogP contribution is -2.31. The molecule has 0 bridgehead atoms. The van der Waals surface area contributed by atoms with E-state index in [-0.39, 0.29) is 39.9 Å². The van der Waals surface area contributed by atoms with E-state index >= 15 is 0 Å². The SMILES string of the molecule is CC.CC(C)(C)CC1NCC(c2cccc(Cl)c2F)C1C#N.COc1cc(C(C)=O)ccc1NC=O.Fc1cccc(Cl)c1. The molecule has 0 aromatic heterocycles. The van der Waals surface area contributed by atoms with Crippen molar-refractivity contribution in [3.63, 3.8) is 0 Å².